The van der Waals surface area contributed by atoms with Crippen LogP contribution in [0.1, 0.15) is 51.9 Å². The maximum Gasteiger partial charge on any atom is 0.187 e. The highest BCUT2D eigenvalue weighted by Crippen LogP contribution is 2.17. The lowest BCUT2D eigenvalue weighted by atomic mass is 9.96. The van der Waals surface area contributed by atoms with E-state index < -0.39 is 0 Å². The van der Waals surface area contributed by atoms with Crippen LogP contribution in [0.2, 0.25) is 0 Å². The molecule has 2 N–H and O–H groups in total. The Morgan fingerprint density at radius 1 is 1.29 bits per heavy atom. The number of nitrogens with zero attached hydrogens (tertiary/aromatic N) is 1. The van der Waals surface area contributed by atoms with Crippen LogP contribution in [0, 0.1) is 0 Å². The summed E-state index contributed by atoms with van der Waals surface area (Å²) in [6.45, 7) is 2.14. The highest BCUT2D eigenvalue weighted by atomic mass is 32.1. The molecule has 2 aliphatic carbocycles. The van der Waals surface area contributed by atoms with Crippen molar-refractivity contribution in [2.75, 3.05) is 0 Å². The Morgan fingerprint density at radius 2 is 2.06 bits per heavy atom. The van der Waals surface area contributed by atoms with Gasteiger partial charge in [-0.2, -0.15) is 5.10 Å². The quantitative estimate of drug-likeness (QED) is 0.585. The smallest absolute Gasteiger partial charge is 0.187 e. The van der Waals surface area contributed by atoms with E-state index in [0.717, 1.165) is 18.6 Å². The maximum absolute atomic E-state index is 5.25. The van der Waals surface area contributed by atoms with Crippen LogP contribution in [0.5, 0.6) is 0 Å². The largest absolute Gasteiger partial charge is 0.359 e. The van der Waals surface area contributed by atoms with Gasteiger partial charge in [-0.1, -0.05) is 24.8 Å². The summed E-state index contributed by atoms with van der Waals surface area (Å²) < 4.78 is 0. The van der Waals surface area contributed by atoms with E-state index in [9.17, 15) is 0 Å². The molecule has 0 saturated heterocycles. The fourth-order valence-corrected chi connectivity index (χ4v) is 2.64. The maximum atomic E-state index is 5.25. The molecule has 3 nitrogen and oxygen atoms in total. The molecule has 17 heavy (non-hydrogen) atoms. The van der Waals surface area contributed by atoms with Crippen LogP contribution in [0.3, 0.4) is 0 Å². The zero-order valence-corrected chi connectivity index (χ0v) is 11.3. The summed E-state index contributed by atoms with van der Waals surface area (Å²) in [4.78, 5) is 0. The summed E-state index contributed by atoms with van der Waals surface area (Å²) >= 11 is 5.25. The first-order chi connectivity index (χ1) is 8.24. The van der Waals surface area contributed by atoms with Crippen molar-refractivity contribution in [3.8, 4) is 0 Å². The van der Waals surface area contributed by atoms with Crippen LogP contribution >= 0.6 is 12.2 Å². The van der Waals surface area contributed by atoms with Gasteiger partial charge in [0.2, 0.25) is 0 Å². The van der Waals surface area contributed by atoms with Gasteiger partial charge in [0.05, 0.1) is 5.71 Å². The number of thiocarbonyl (C=S) groups is 1. The molecule has 0 radical (unpaired) electrons. The predicted molar refractivity (Wildman–Crippen MR) is 76.2 cm³/mol. The molecule has 0 aromatic rings. The lowest BCUT2D eigenvalue weighted by molar-refractivity contribution is 0.412. The highest BCUT2D eigenvalue weighted by Gasteiger charge is 2.13. The van der Waals surface area contributed by atoms with Crippen LogP contribution in [-0.4, -0.2) is 16.9 Å². The van der Waals surface area contributed by atoms with Crippen molar-refractivity contribution in [3.05, 3.63) is 11.6 Å². The first kappa shape index (κ1) is 12.6. The average Bonchev–Trinajstić information content (AvgIpc) is 2.74. The molecule has 2 rings (SSSR count). The molecule has 0 amide bonds. The molecule has 1 fully saturated rings. The van der Waals surface area contributed by atoms with Gasteiger partial charge in [0.15, 0.2) is 5.11 Å². The highest BCUT2D eigenvalue weighted by molar-refractivity contribution is 7.80. The second-order valence-corrected chi connectivity index (χ2v) is 5.42. The van der Waals surface area contributed by atoms with Gasteiger partial charge in [-0.3, -0.25) is 5.43 Å². The van der Waals surface area contributed by atoms with Crippen LogP contribution in [0.25, 0.3) is 0 Å². The van der Waals surface area contributed by atoms with Crippen molar-refractivity contribution >= 4 is 23.0 Å². The summed E-state index contributed by atoms with van der Waals surface area (Å²) in [6, 6.07) is 0.546. The van der Waals surface area contributed by atoms with E-state index in [1.54, 1.807) is 0 Å². The predicted octanol–water partition coefficient (Wildman–Crippen LogP) is 2.88. The topological polar surface area (TPSA) is 36.4 Å². The second kappa shape index (κ2) is 6.15. The van der Waals surface area contributed by atoms with E-state index in [-0.39, 0.29) is 0 Å². The molecule has 0 aromatic heterocycles. The summed E-state index contributed by atoms with van der Waals surface area (Å²) in [7, 11) is 0. The third kappa shape index (κ3) is 4.11. The molecule has 0 bridgehead atoms. The van der Waals surface area contributed by atoms with E-state index >= 15 is 0 Å². The van der Waals surface area contributed by atoms with E-state index in [1.807, 2.05) is 0 Å². The lowest BCUT2D eigenvalue weighted by Crippen LogP contribution is -2.41. The van der Waals surface area contributed by atoms with Crippen molar-refractivity contribution in [1.29, 1.82) is 0 Å². The van der Waals surface area contributed by atoms with Crippen LogP contribution in [-0.2, 0) is 0 Å². The molecular formula is C13H21N3S. The third-order valence-corrected chi connectivity index (χ3v) is 3.64. The van der Waals surface area contributed by atoms with Gasteiger partial charge in [0.1, 0.15) is 0 Å². The van der Waals surface area contributed by atoms with Crippen LogP contribution < -0.4 is 10.7 Å². The number of hydrogen-bond acceptors (Lipinski definition) is 2. The number of hydrogen-bond donors (Lipinski definition) is 2. The SMILES string of the molecule is CC1=C/C(=N/NC(=S)NC2CCCCC2)CC1. The number of allylic oxidation sites excluding steroid dienone is 2. The van der Waals surface area contributed by atoms with Gasteiger partial charge in [-0.05, 0) is 50.9 Å². The van der Waals surface area contributed by atoms with Crippen LogP contribution in [0.15, 0.2) is 16.8 Å². The van der Waals surface area contributed by atoms with E-state index in [0.29, 0.717) is 11.2 Å². The minimum Gasteiger partial charge on any atom is -0.359 e. The monoisotopic (exact) mass is 251 g/mol. The Hall–Kier alpha value is -0.900. The normalized spacial score (nSPS) is 23.6. The second-order valence-electron chi connectivity index (χ2n) is 5.01. The molecular weight excluding hydrogens is 230 g/mol. The third-order valence-electron chi connectivity index (χ3n) is 3.43. The summed E-state index contributed by atoms with van der Waals surface area (Å²) in [5.41, 5.74) is 5.46. The Labute approximate surface area is 109 Å². The van der Waals surface area contributed by atoms with Crippen molar-refractivity contribution in [2.24, 2.45) is 5.10 Å². The Balaban J connectivity index is 1.73. The van der Waals surface area contributed by atoms with E-state index in [1.165, 1.54) is 37.7 Å². The van der Waals surface area contributed by atoms with Crippen LogP contribution in [0.4, 0.5) is 0 Å². The minimum atomic E-state index is 0.546. The van der Waals surface area contributed by atoms with Gasteiger partial charge >= 0.3 is 0 Å². The molecule has 2 aliphatic rings. The molecule has 0 spiro atoms. The zero-order chi connectivity index (χ0) is 12.1. The molecule has 0 heterocycles. The Bertz CT molecular complexity index is 341. The van der Waals surface area contributed by atoms with E-state index in [4.69, 9.17) is 12.2 Å². The fourth-order valence-electron chi connectivity index (χ4n) is 2.43. The van der Waals surface area contributed by atoms with Gasteiger partial charge < -0.3 is 5.32 Å². The Kier molecular flexibility index (Phi) is 4.54. The first-order valence-electron chi connectivity index (χ1n) is 6.54. The summed E-state index contributed by atoms with van der Waals surface area (Å²) in [5, 5.41) is 8.34. The minimum absolute atomic E-state index is 0.546. The molecule has 0 aliphatic heterocycles. The first-order valence-corrected chi connectivity index (χ1v) is 6.95. The van der Waals surface area contributed by atoms with Gasteiger partial charge in [0, 0.05) is 6.04 Å². The van der Waals surface area contributed by atoms with Gasteiger partial charge in [0.25, 0.3) is 0 Å². The van der Waals surface area contributed by atoms with Crippen molar-refractivity contribution < 1.29 is 0 Å². The van der Waals surface area contributed by atoms with Gasteiger partial charge in [-0.15, -0.1) is 0 Å². The number of rotatable bonds is 2. The number of nitrogens with one attached hydrogen (secondary N) is 2. The fraction of sp³-hybridized carbons (Fsp3) is 0.692. The molecule has 94 valence electrons. The van der Waals surface area contributed by atoms with Crippen molar-refractivity contribution in [2.45, 2.75) is 57.9 Å². The molecule has 0 aromatic carbocycles. The summed E-state index contributed by atoms with van der Waals surface area (Å²) in [6.07, 6.45) is 10.8. The van der Waals surface area contributed by atoms with Crippen molar-refractivity contribution in [3.63, 3.8) is 0 Å². The molecule has 0 atom stereocenters. The molecule has 0 unspecified atom stereocenters. The summed E-state index contributed by atoms with van der Waals surface area (Å²) in [5.74, 6) is 0. The standard InChI is InChI=1S/C13H21N3S/c1-10-7-8-12(9-10)15-16-13(17)14-11-5-3-2-4-6-11/h9,11H,2-8H2,1H3,(H2,14,16,17)/b15-12+. The Morgan fingerprint density at radius 3 is 2.71 bits per heavy atom. The van der Waals surface area contributed by atoms with Gasteiger partial charge in [-0.25, -0.2) is 0 Å². The molecule has 4 heteroatoms. The van der Waals surface area contributed by atoms with E-state index in [2.05, 4.69) is 28.8 Å². The average molecular weight is 251 g/mol. The zero-order valence-electron chi connectivity index (χ0n) is 10.5. The number of hydrazone groups is 1. The van der Waals surface area contributed by atoms with Crippen molar-refractivity contribution in [1.82, 2.24) is 10.7 Å². The lowest BCUT2D eigenvalue weighted by Gasteiger charge is -2.23. The molecule has 1 saturated carbocycles.